The van der Waals surface area contributed by atoms with Gasteiger partial charge in [0.1, 0.15) is 11.9 Å². The first-order valence-electron chi connectivity index (χ1n) is 9.36. The molecular weight excluding hydrogens is 320 g/mol. The van der Waals surface area contributed by atoms with Crippen molar-refractivity contribution >= 4 is 11.8 Å². The lowest BCUT2D eigenvalue weighted by atomic mass is 9.88. The number of nitrogens with zero attached hydrogens (tertiary/aromatic N) is 1. The number of amides is 2. The van der Waals surface area contributed by atoms with Crippen molar-refractivity contribution in [3.63, 3.8) is 0 Å². The van der Waals surface area contributed by atoms with Crippen LogP contribution >= 0.6 is 0 Å². The number of ether oxygens (including phenoxy) is 1. The lowest BCUT2D eigenvalue weighted by molar-refractivity contribution is -0.140. The van der Waals surface area contributed by atoms with E-state index in [2.05, 4.69) is 5.32 Å². The monoisotopic (exact) mass is 346 g/mol. The Labute approximate surface area is 147 Å². The second-order valence-electron chi connectivity index (χ2n) is 7.72. The summed E-state index contributed by atoms with van der Waals surface area (Å²) in [5.74, 6) is 1.81. The van der Waals surface area contributed by atoms with Gasteiger partial charge in [0.15, 0.2) is 5.76 Å². The number of hydrogen-bond donors (Lipinski definition) is 1. The second-order valence-corrected chi connectivity index (χ2v) is 7.72. The Morgan fingerprint density at radius 2 is 1.96 bits per heavy atom. The maximum absolute atomic E-state index is 12.5. The zero-order chi connectivity index (χ0) is 17.4. The fourth-order valence-corrected chi connectivity index (χ4v) is 3.87. The molecule has 3 heterocycles. The average Bonchev–Trinajstić information content (AvgIpc) is 3.21. The Bertz CT molecular complexity index is 656. The van der Waals surface area contributed by atoms with Crippen molar-refractivity contribution in [2.24, 2.45) is 5.92 Å². The van der Waals surface area contributed by atoms with Crippen LogP contribution in [-0.2, 0) is 9.53 Å². The fourth-order valence-electron chi connectivity index (χ4n) is 3.87. The van der Waals surface area contributed by atoms with E-state index in [1.807, 2.05) is 17.9 Å². The van der Waals surface area contributed by atoms with Gasteiger partial charge < -0.3 is 19.4 Å². The molecule has 3 aliphatic rings. The first-order chi connectivity index (χ1) is 12.0. The van der Waals surface area contributed by atoms with E-state index in [0.29, 0.717) is 24.8 Å². The number of carbonyl (C=O) groups is 2. The van der Waals surface area contributed by atoms with Gasteiger partial charge >= 0.3 is 0 Å². The summed E-state index contributed by atoms with van der Waals surface area (Å²) in [6.07, 6.45) is 5.38. The highest BCUT2D eigenvalue weighted by molar-refractivity contribution is 5.91. The van der Waals surface area contributed by atoms with Gasteiger partial charge in [0.05, 0.1) is 5.60 Å². The van der Waals surface area contributed by atoms with Crippen molar-refractivity contribution in [1.29, 1.82) is 0 Å². The van der Waals surface area contributed by atoms with Crippen molar-refractivity contribution < 1.29 is 18.7 Å². The number of hydrogen-bond acceptors (Lipinski definition) is 4. The molecule has 2 saturated heterocycles. The maximum Gasteiger partial charge on any atom is 0.289 e. The number of rotatable bonds is 4. The molecule has 0 aromatic carbocycles. The lowest BCUT2D eigenvalue weighted by Crippen LogP contribution is -2.47. The summed E-state index contributed by atoms with van der Waals surface area (Å²) in [5.41, 5.74) is -0.239. The molecule has 1 saturated carbocycles. The van der Waals surface area contributed by atoms with Crippen LogP contribution in [-0.4, -0.2) is 48.1 Å². The summed E-state index contributed by atoms with van der Waals surface area (Å²) in [6, 6.07) is 3.54. The minimum atomic E-state index is -0.325. The van der Waals surface area contributed by atoms with Crippen LogP contribution in [0.15, 0.2) is 16.5 Å². The number of nitrogens with one attached hydrogen (secondary N) is 1. The predicted octanol–water partition coefficient (Wildman–Crippen LogP) is 2.27. The van der Waals surface area contributed by atoms with Gasteiger partial charge in [0.25, 0.3) is 5.91 Å². The van der Waals surface area contributed by atoms with Crippen LogP contribution in [0.4, 0.5) is 0 Å². The standard InChI is InChI=1S/C19H26N2O4/c1-13-2-5-16(24-13)18(23)21-10-8-19(9-11-21)7-6-15(25-19)17(22)20-12-14-3-4-14/h2,5,14-15H,3-4,6-12H2,1H3,(H,20,22)/t15-/m0/s1. The molecule has 0 radical (unpaired) electrons. The summed E-state index contributed by atoms with van der Waals surface area (Å²) in [7, 11) is 0. The molecule has 1 N–H and O–H groups in total. The van der Waals surface area contributed by atoms with E-state index < -0.39 is 0 Å². The Morgan fingerprint density at radius 3 is 2.60 bits per heavy atom. The van der Waals surface area contributed by atoms with Gasteiger partial charge in [0.2, 0.25) is 5.91 Å². The van der Waals surface area contributed by atoms with Crippen LogP contribution in [0.2, 0.25) is 0 Å². The Hall–Kier alpha value is -1.82. The highest BCUT2D eigenvalue weighted by Crippen LogP contribution is 2.39. The van der Waals surface area contributed by atoms with Crippen molar-refractivity contribution in [1.82, 2.24) is 10.2 Å². The van der Waals surface area contributed by atoms with Crippen molar-refractivity contribution in [2.75, 3.05) is 19.6 Å². The van der Waals surface area contributed by atoms with E-state index in [0.717, 1.165) is 38.0 Å². The molecule has 136 valence electrons. The SMILES string of the molecule is Cc1ccc(C(=O)N2CCC3(CC[C@@H](C(=O)NCC4CC4)O3)CC2)o1. The van der Waals surface area contributed by atoms with E-state index in [1.54, 1.807) is 6.07 Å². The molecule has 6 heteroatoms. The largest absolute Gasteiger partial charge is 0.456 e. The zero-order valence-corrected chi connectivity index (χ0v) is 14.8. The van der Waals surface area contributed by atoms with Gasteiger partial charge in [0, 0.05) is 19.6 Å². The molecule has 1 spiro atoms. The number of carbonyl (C=O) groups excluding carboxylic acids is 2. The van der Waals surface area contributed by atoms with Crippen LogP contribution in [0, 0.1) is 12.8 Å². The van der Waals surface area contributed by atoms with E-state index in [1.165, 1.54) is 12.8 Å². The van der Waals surface area contributed by atoms with Crippen LogP contribution in [0.25, 0.3) is 0 Å². The van der Waals surface area contributed by atoms with Gasteiger partial charge in [-0.1, -0.05) is 0 Å². The molecule has 2 amide bonds. The molecule has 1 aliphatic carbocycles. The minimum absolute atomic E-state index is 0.0355. The molecular formula is C19H26N2O4. The second kappa shape index (κ2) is 6.48. The average molecular weight is 346 g/mol. The van der Waals surface area contributed by atoms with Crippen molar-refractivity contribution in [2.45, 2.75) is 57.2 Å². The van der Waals surface area contributed by atoms with E-state index in [4.69, 9.17) is 9.15 Å². The minimum Gasteiger partial charge on any atom is -0.456 e. The highest BCUT2D eigenvalue weighted by atomic mass is 16.5. The zero-order valence-electron chi connectivity index (χ0n) is 14.8. The normalized spacial score (nSPS) is 25.3. The summed E-state index contributed by atoms with van der Waals surface area (Å²) in [4.78, 5) is 26.5. The van der Waals surface area contributed by atoms with Crippen LogP contribution in [0.3, 0.4) is 0 Å². The first kappa shape index (κ1) is 16.6. The number of piperidine rings is 1. The smallest absolute Gasteiger partial charge is 0.289 e. The van der Waals surface area contributed by atoms with Gasteiger partial charge in [-0.3, -0.25) is 9.59 Å². The number of likely N-dealkylation sites (tertiary alicyclic amines) is 1. The number of aryl methyl sites for hydroxylation is 1. The quantitative estimate of drug-likeness (QED) is 0.908. The number of furan rings is 1. The molecule has 0 unspecified atom stereocenters. The van der Waals surface area contributed by atoms with E-state index >= 15 is 0 Å². The van der Waals surface area contributed by atoms with Crippen LogP contribution in [0.5, 0.6) is 0 Å². The molecule has 1 aromatic rings. The van der Waals surface area contributed by atoms with Crippen LogP contribution in [0.1, 0.15) is 54.8 Å². The fraction of sp³-hybridized carbons (Fsp3) is 0.684. The summed E-state index contributed by atoms with van der Waals surface area (Å²) < 4.78 is 11.6. The molecule has 3 fully saturated rings. The molecule has 1 atom stereocenters. The van der Waals surface area contributed by atoms with E-state index in [-0.39, 0.29) is 23.5 Å². The van der Waals surface area contributed by atoms with E-state index in [9.17, 15) is 9.59 Å². The van der Waals surface area contributed by atoms with Gasteiger partial charge in [-0.2, -0.15) is 0 Å². The first-order valence-corrected chi connectivity index (χ1v) is 9.36. The van der Waals surface area contributed by atoms with Gasteiger partial charge in [-0.15, -0.1) is 0 Å². The third-order valence-corrected chi connectivity index (χ3v) is 5.72. The Balaban J connectivity index is 1.29. The summed E-state index contributed by atoms with van der Waals surface area (Å²) in [6.45, 7) is 3.92. The Kier molecular flexibility index (Phi) is 4.31. The molecule has 25 heavy (non-hydrogen) atoms. The van der Waals surface area contributed by atoms with Gasteiger partial charge in [-0.05, 0) is 63.5 Å². The lowest BCUT2D eigenvalue weighted by Gasteiger charge is -2.38. The molecule has 6 nitrogen and oxygen atoms in total. The topological polar surface area (TPSA) is 71.8 Å². The molecule has 2 aliphatic heterocycles. The van der Waals surface area contributed by atoms with Crippen molar-refractivity contribution in [3.8, 4) is 0 Å². The maximum atomic E-state index is 12.5. The third-order valence-electron chi connectivity index (χ3n) is 5.72. The van der Waals surface area contributed by atoms with Crippen molar-refractivity contribution in [3.05, 3.63) is 23.7 Å². The molecule has 4 rings (SSSR count). The predicted molar refractivity (Wildman–Crippen MR) is 91.2 cm³/mol. The third kappa shape index (κ3) is 3.59. The van der Waals surface area contributed by atoms with Crippen LogP contribution < -0.4 is 5.32 Å². The summed E-state index contributed by atoms with van der Waals surface area (Å²) >= 11 is 0. The van der Waals surface area contributed by atoms with Gasteiger partial charge in [-0.25, -0.2) is 0 Å². The molecule has 0 bridgehead atoms. The Morgan fingerprint density at radius 1 is 1.20 bits per heavy atom. The highest BCUT2D eigenvalue weighted by Gasteiger charge is 2.45. The molecule has 1 aromatic heterocycles. The summed E-state index contributed by atoms with van der Waals surface area (Å²) in [5, 5.41) is 3.02.